The third-order valence-electron chi connectivity index (χ3n) is 9.01. The minimum Gasteiger partial charge on any atom is -0.379 e. The Hall–Kier alpha value is -2.10. The first kappa shape index (κ1) is 35.4. The Balaban J connectivity index is 2.08. The second-order valence-electron chi connectivity index (χ2n) is 12.6. The van der Waals surface area contributed by atoms with Gasteiger partial charge in [-0.3, -0.25) is 24.3 Å². The maximum Gasteiger partial charge on any atom is 0.360 e. The summed E-state index contributed by atoms with van der Waals surface area (Å²) in [4.78, 5) is 42.9. The summed E-state index contributed by atoms with van der Waals surface area (Å²) in [6, 6.07) is 6.04. The average molecular weight is 622 g/mol. The van der Waals surface area contributed by atoms with Gasteiger partial charge in [0.05, 0.1) is 12.1 Å². The molecule has 2 fully saturated rings. The highest BCUT2D eigenvalue weighted by atomic mass is 31.2. The molecule has 2 aliphatic carbocycles. The predicted molar refractivity (Wildman–Crippen MR) is 166 cm³/mol. The van der Waals surface area contributed by atoms with Gasteiger partial charge >= 0.3 is 7.60 Å². The molecule has 11 heteroatoms. The van der Waals surface area contributed by atoms with Crippen LogP contribution in [0, 0.1) is 17.8 Å². The number of nitrogens with two attached hydrogens (primary N) is 1. The van der Waals surface area contributed by atoms with Crippen molar-refractivity contribution in [3.8, 4) is 0 Å². The predicted octanol–water partition coefficient (Wildman–Crippen LogP) is 4.78. The highest BCUT2D eigenvalue weighted by Crippen LogP contribution is 2.53. The standard InChI is InChI=1S/C32H52N3O7P/c1-22(2)19-27(30(37)34-29(36)25-17-11-12-18-25)35(31(38)26(33)20-23-13-7-5-8-14-23)28(21-24-15-9-6-10-16-24)32(39)43(40,41-3)42-4/h5,7-8,13-14,22,24-28,32,39H,6,9-12,15-21,33H2,1-4H3,(H,34,36,37)/t26-,27-,28-,32?/m0/s1. The maximum atomic E-state index is 14.5. The van der Waals surface area contributed by atoms with Crippen molar-refractivity contribution < 1.29 is 33.1 Å². The smallest absolute Gasteiger partial charge is 0.360 e. The van der Waals surface area contributed by atoms with Crippen LogP contribution < -0.4 is 11.1 Å². The minimum absolute atomic E-state index is 0.0536. The molecule has 0 radical (unpaired) electrons. The van der Waals surface area contributed by atoms with Crippen molar-refractivity contribution in [1.29, 1.82) is 0 Å². The van der Waals surface area contributed by atoms with Gasteiger partial charge in [0.2, 0.25) is 17.7 Å². The molecule has 4 N–H and O–H groups in total. The fourth-order valence-corrected chi connectivity index (χ4v) is 7.90. The molecule has 0 spiro atoms. The monoisotopic (exact) mass is 621 g/mol. The lowest BCUT2D eigenvalue weighted by Gasteiger charge is -2.43. The number of aliphatic hydroxyl groups is 1. The van der Waals surface area contributed by atoms with Crippen LogP contribution in [0.4, 0.5) is 0 Å². The Kier molecular flexibility index (Phi) is 13.8. The summed E-state index contributed by atoms with van der Waals surface area (Å²) in [5.74, 6) is -3.43. The zero-order valence-corrected chi connectivity index (χ0v) is 27.2. The zero-order chi connectivity index (χ0) is 31.6. The molecule has 3 rings (SSSR count). The number of aliphatic hydroxyl groups excluding tert-OH is 1. The summed E-state index contributed by atoms with van der Waals surface area (Å²) in [6.45, 7) is 3.85. The van der Waals surface area contributed by atoms with Gasteiger partial charge in [-0.1, -0.05) is 89.1 Å². The van der Waals surface area contributed by atoms with E-state index in [2.05, 4.69) is 5.32 Å². The largest absolute Gasteiger partial charge is 0.379 e. The van der Waals surface area contributed by atoms with E-state index in [9.17, 15) is 24.1 Å². The summed E-state index contributed by atoms with van der Waals surface area (Å²) >= 11 is 0. The fourth-order valence-electron chi connectivity index (χ4n) is 6.63. The number of nitrogens with one attached hydrogen (secondary N) is 1. The van der Waals surface area contributed by atoms with Crippen LogP contribution in [0.3, 0.4) is 0 Å². The van der Waals surface area contributed by atoms with Crippen LogP contribution in [0.1, 0.15) is 90.0 Å². The molecule has 0 heterocycles. The Bertz CT molecular complexity index is 1080. The van der Waals surface area contributed by atoms with Gasteiger partial charge in [-0.15, -0.1) is 0 Å². The number of hydrogen-bond acceptors (Lipinski definition) is 8. The summed E-state index contributed by atoms with van der Waals surface area (Å²) in [7, 11) is -1.73. The number of rotatable bonds is 15. The number of nitrogens with zero attached hydrogens (tertiary/aromatic N) is 1. The normalized spacial score (nSPS) is 19.5. The molecule has 242 valence electrons. The highest BCUT2D eigenvalue weighted by Gasteiger charge is 2.48. The molecule has 0 bridgehead atoms. The quantitative estimate of drug-likeness (QED) is 0.237. The van der Waals surface area contributed by atoms with Crippen LogP contribution in [0.25, 0.3) is 0 Å². The molecule has 43 heavy (non-hydrogen) atoms. The second-order valence-corrected chi connectivity index (χ2v) is 15.0. The first-order valence-electron chi connectivity index (χ1n) is 15.9. The van der Waals surface area contributed by atoms with Crippen molar-refractivity contribution >= 4 is 25.3 Å². The Morgan fingerprint density at radius 3 is 2.14 bits per heavy atom. The van der Waals surface area contributed by atoms with E-state index in [1.807, 2.05) is 44.2 Å². The maximum absolute atomic E-state index is 14.5. The van der Waals surface area contributed by atoms with Gasteiger partial charge in [0.1, 0.15) is 6.04 Å². The van der Waals surface area contributed by atoms with Crippen molar-refractivity contribution in [1.82, 2.24) is 10.2 Å². The van der Waals surface area contributed by atoms with Gasteiger partial charge < -0.3 is 24.8 Å². The number of hydrogen-bond donors (Lipinski definition) is 3. The molecular weight excluding hydrogens is 569 g/mol. The molecule has 0 aromatic heterocycles. The van der Waals surface area contributed by atoms with Crippen molar-refractivity contribution in [2.45, 2.75) is 115 Å². The molecule has 1 aromatic rings. The summed E-state index contributed by atoms with van der Waals surface area (Å²) in [5, 5.41) is 14.3. The molecule has 2 saturated carbocycles. The van der Waals surface area contributed by atoms with Crippen LogP contribution in [0.2, 0.25) is 0 Å². The second kappa shape index (κ2) is 16.8. The molecule has 1 unspecified atom stereocenters. The first-order valence-corrected chi connectivity index (χ1v) is 17.5. The molecular formula is C32H52N3O7P. The van der Waals surface area contributed by atoms with Crippen molar-refractivity contribution in [2.24, 2.45) is 23.5 Å². The SMILES string of the molecule is COP(=O)(OC)C(O)[C@H](CC1CCCCC1)N(C(=O)[C@@H](N)Cc1ccccc1)[C@@H](CC(C)C)C(=O)NC(=O)C1CCCC1. The average Bonchev–Trinajstić information content (AvgIpc) is 3.55. The van der Waals surface area contributed by atoms with Gasteiger partial charge in [0.25, 0.3) is 0 Å². The van der Waals surface area contributed by atoms with Gasteiger partial charge in [-0.2, -0.15) is 0 Å². The lowest BCUT2D eigenvalue weighted by molar-refractivity contribution is -0.149. The molecule has 0 aliphatic heterocycles. The lowest BCUT2D eigenvalue weighted by atomic mass is 9.83. The van der Waals surface area contributed by atoms with Crippen molar-refractivity contribution in [3.05, 3.63) is 35.9 Å². The number of carbonyl (C=O) groups is 3. The van der Waals surface area contributed by atoms with Crippen LogP contribution in [-0.4, -0.2) is 65.9 Å². The van der Waals surface area contributed by atoms with E-state index in [0.717, 1.165) is 50.5 Å². The number of benzene rings is 1. The Morgan fingerprint density at radius 2 is 1.58 bits per heavy atom. The van der Waals surface area contributed by atoms with Crippen LogP contribution in [-0.2, 0) is 34.4 Å². The van der Waals surface area contributed by atoms with E-state index in [0.29, 0.717) is 19.3 Å². The molecule has 4 atom stereocenters. The molecule has 10 nitrogen and oxygen atoms in total. The van der Waals surface area contributed by atoms with E-state index < -0.39 is 43.4 Å². The molecule has 0 saturated heterocycles. The number of imide groups is 1. The lowest BCUT2D eigenvalue weighted by Crippen LogP contribution is -2.62. The van der Waals surface area contributed by atoms with Crippen LogP contribution in [0.15, 0.2) is 30.3 Å². The molecule has 3 amide bonds. The number of carbonyl (C=O) groups excluding carboxylic acids is 3. The summed E-state index contributed by atoms with van der Waals surface area (Å²) in [5.41, 5.74) is 7.40. The summed E-state index contributed by atoms with van der Waals surface area (Å²) in [6.07, 6.45) is 8.87. The number of amides is 3. The summed E-state index contributed by atoms with van der Waals surface area (Å²) < 4.78 is 24.1. The Morgan fingerprint density at radius 1 is 1.00 bits per heavy atom. The third-order valence-corrected chi connectivity index (χ3v) is 11.0. The van der Waals surface area contributed by atoms with Crippen LogP contribution in [0.5, 0.6) is 0 Å². The van der Waals surface area contributed by atoms with Crippen molar-refractivity contribution in [2.75, 3.05) is 14.2 Å². The van der Waals surface area contributed by atoms with Crippen LogP contribution >= 0.6 is 7.60 Å². The first-order chi connectivity index (χ1) is 20.5. The van der Waals surface area contributed by atoms with E-state index in [1.54, 1.807) is 0 Å². The minimum atomic E-state index is -4.11. The van der Waals surface area contributed by atoms with Gasteiger partial charge in [0.15, 0.2) is 5.85 Å². The van der Waals surface area contributed by atoms with Gasteiger partial charge in [0, 0.05) is 20.1 Å². The third kappa shape index (κ3) is 9.69. The van der Waals surface area contributed by atoms with Gasteiger partial charge in [-0.05, 0) is 49.5 Å². The highest BCUT2D eigenvalue weighted by molar-refractivity contribution is 7.54. The molecule has 2 aliphatic rings. The fraction of sp³-hybridized carbons (Fsp3) is 0.719. The van der Waals surface area contributed by atoms with E-state index in [-0.39, 0.29) is 36.5 Å². The zero-order valence-electron chi connectivity index (χ0n) is 26.3. The topological polar surface area (TPSA) is 148 Å². The molecule has 1 aromatic carbocycles. The van der Waals surface area contributed by atoms with E-state index >= 15 is 0 Å². The van der Waals surface area contributed by atoms with E-state index in [1.165, 1.54) is 19.1 Å². The van der Waals surface area contributed by atoms with E-state index in [4.69, 9.17) is 14.8 Å². The Labute approximate surface area is 257 Å². The van der Waals surface area contributed by atoms with Gasteiger partial charge in [-0.25, -0.2) is 0 Å². The van der Waals surface area contributed by atoms with Crippen molar-refractivity contribution in [3.63, 3.8) is 0 Å².